The first-order valence-corrected chi connectivity index (χ1v) is 13.2. The van der Waals surface area contributed by atoms with Crippen LogP contribution in [0.1, 0.15) is 97.3 Å². The zero-order valence-corrected chi connectivity index (χ0v) is 21.1. The fourth-order valence-electron chi connectivity index (χ4n) is 4.31. The third kappa shape index (κ3) is 12.2. The van der Waals surface area contributed by atoms with Crippen LogP contribution in [-0.4, -0.2) is 87.5 Å². The van der Waals surface area contributed by atoms with Crippen LogP contribution in [0.5, 0.6) is 0 Å². The van der Waals surface area contributed by atoms with Crippen LogP contribution in [0.4, 0.5) is 0 Å². The van der Waals surface area contributed by atoms with Crippen molar-refractivity contribution in [1.29, 1.82) is 0 Å². The van der Waals surface area contributed by atoms with Gasteiger partial charge in [0.15, 0.2) is 6.29 Å². The van der Waals surface area contributed by atoms with Gasteiger partial charge in [-0.1, -0.05) is 84.0 Å². The topological polar surface area (TPSA) is 149 Å². The summed E-state index contributed by atoms with van der Waals surface area (Å²) in [5.74, 6) is -0.323. The van der Waals surface area contributed by atoms with Gasteiger partial charge < -0.3 is 40.3 Å². The maximum absolute atomic E-state index is 11.6. The van der Waals surface area contributed by atoms with Crippen molar-refractivity contribution in [2.24, 2.45) is 0 Å². The molecule has 0 aromatic carbocycles. The lowest BCUT2D eigenvalue weighted by atomic mass is 9.99. The molecule has 1 fully saturated rings. The number of hydrogen-bond donors (Lipinski definition) is 6. The highest BCUT2D eigenvalue weighted by Gasteiger charge is 2.44. The SMILES string of the molecule is CCCCCCCCCCCCCCC(O)C(COC1OC(CO)C(O)C(O)C1O)NC(C)=O. The Labute approximate surface area is 204 Å². The second-order valence-corrected chi connectivity index (χ2v) is 9.58. The van der Waals surface area contributed by atoms with Gasteiger partial charge in [0.05, 0.1) is 25.4 Å². The number of nitrogens with one attached hydrogen (secondary N) is 1. The third-order valence-corrected chi connectivity index (χ3v) is 6.50. The lowest BCUT2D eigenvalue weighted by Gasteiger charge is -2.40. The van der Waals surface area contributed by atoms with Gasteiger partial charge in [0.25, 0.3) is 0 Å². The standard InChI is InChI=1S/C25H49NO8/c1-3-4-5-6-7-8-9-10-11-12-13-14-15-20(29)19(26-18(2)28)17-33-25-24(32)23(31)22(30)21(16-27)34-25/h19-25,27,29-32H,3-17H2,1-2H3,(H,26,28). The summed E-state index contributed by atoms with van der Waals surface area (Å²) in [6.45, 7) is 2.87. The molecule has 0 aliphatic carbocycles. The summed E-state index contributed by atoms with van der Waals surface area (Å²) in [5.41, 5.74) is 0. The van der Waals surface area contributed by atoms with Gasteiger partial charge in [0, 0.05) is 6.92 Å². The molecule has 7 atom stereocenters. The van der Waals surface area contributed by atoms with E-state index in [2.05, 4.69) is 12.2 Å². The highest BCUT2D eigenvalue weighted by molar-refractivity contribution is 5.73. The van der Waals surface area contributed by atoms with Crippen LogP contribution < -0.4 is 5.32 Å². The molecule has 7 unspecified atom stereocenters. The van der Waals surface area contributed by atoms with Crippen molar-refractivity contribution in [3.63, 3.8) is 0 Å². The fourth-order valence-corrected chi connectivity index (χ4v) is 4.31. The molecule has 202 valence electrons. The van der Waals surface area contributed by atoms with Crippen molar-refractivity contribution in [3.8, 4) is 0 Å². The van der Waals surface area contributed by atoms with Crippen LogP contribution >= 0.6 is 0 Å². The predicted molar refractivity (Wildman–Crippen MR) is 129 cm³/mol. The van der Waals surface area contributed by atoms with Crippen molar-refractivity contribution < 1.29 is 39.8 Å². The quantitative estimate of drug-likeness (QED) is 0.150. The maximum atomic E-state index is 11.6. The van der Waals surface area contributed by atoms with Gasteiger partial charge in [0.1, 0.15) is 24.4 Å². The molecule has 0 aromatic heterocycles. The molecule has 0 saturated carbocycles. The molecule has 1 amide bonds. The van der Waals surface area contributed by atoms with Crippen LogP contribution in [0.3, 0.4) is 0 Å². The second-order valence-electron chi connectivity index (χ2n) is 9.58. The molecule has 9 heteroatoms. The Morgan fingerprint density at radius 2 is 1.41 bits per heavy atom. The van der Waals surface area contributed by atoms with Gasteiger partial charge in [-0.2, -0.15) is 0 Å². The van der Waals surface area contributed by atoms with E-state index in [1.807, 2.05) is 0 Å². The average molecular weight is 492 g/mol. The molecule has 1 aliphatic heterocycles. The molecule has 0 spiro atoms. The Kier molecular flexibility index (Phi) is 16.9. The van der Waals surface area contributed by atoms with Crippen molar-refractivity contribution in [2.75, 3.05) is 13.2 Å². The van der Waals surface area contributed by atoms with Gasteiger partial charge in [-0.15, -0.1) is 0 Å². The largest absolute Gasteiger partial charge is 0.394 e. The lowest BCUT2D eigenvalue weighted by molar-refractivity contribution is -0.302. The molecular formula is C25H49NO8. The Balaban J connectivity index is 2.28. The number of amides is 1. The number of aliphatic hydroxyl groups excluding tert-OH is 5. The third-order valence-electron chi connectivity index (χ3n) is 6.50. The number of unbranched alkanes of at least 4 members (excludes halogenated alkanes) is 11. The van der Waals surface area contributed by atoms with E-state index in [0.29, 0.717) is 6.42 Å². The van der Waals surface area contributed by atoms with E-state index in [1.54, 1.807) is 0 Å². The van der Waals surface area contributed by atoms with E-state index in [1.165, 1.54) is 64.7 Å². The zero-order chi connectivity index (χ0) is 25.3. The van der Waals surface area contributed by atoms with Crippen LogP contribution in [0.15, 0.2) is 0 Å². The summed E-state index contributed by atoms with van der Waals surface area (Å²) >= 11 is 0. The molecule has 9 nitrogen and oxygen atoms in total. The molecule has 1 rings (SSSR count). The van der Waals surface area contributed by atoms with E-state index >= 15 is 0 Å². The number of rotatable bonds is 19. The minimum atomic E-state index is -1.54. The first-order valence-electron chi connectivity index (χ1n) is 13.2. The maximum Gasteiger partial charge on any atom is 0.217 e. The summed E-state index contributed by atoms with van der Waals surface area (Å²) in [4.78, 5) is 11.6. The molecular weight excluding hydrogens is 442 g/mol. The number of ether oxygens (including phenoxy) is 2. The van der Waals surface area contributed by atoms with Crippen molar-refractivity contribution in [3.05, 3.63) is 0 Å². The number of carbonyl (C=O) groups is 1. The summed E-state index contributed by atoms with van der Waals surface area (Å²) in [6.07, 6.45) is 7.41. The van der Waals surface area contributed by atoms with Crippen molar-refractivity contribution in [1.82, 2.24) is 5.32 Å². The van der Waals surface area contributed by atoms with Gasteiger partial charge >= 0.3 is 0 Å². The Bertz CT molecular complexity index is 521. The van der Waals surface area contributed by atoms with Crippen molar-refractivity contribution >= 4 is 5.91 Å². The number of aliphatic hydroxyl groups is 5. The van der Waals surface area contributed by atoms with E-state index in [0.717, 1.165) is 19.3 Å². The first kappa shape index (κ1) is 31.2. The summed E-state index contributed by atoms with van der Waals surface area (Å²) < 4.78 is 10.8. The highest BCUT2D eigenvalue weighted by Crippen LogP contribution is 2.22. The molecule has 1 aliphatic rings. The van der Waals surface area contributed by atoms with E-state index in [4.69, 9.17) is 9.47 Å². The van der Waals surface area contributed by atoms with Gasteiger partial charge in [-0.3, -0.25) is 4.79 Å². The van der Waals surface area contributed by atoms with Gasteiger partial charge in [0.2, 0.25) is 5.91 Å². The zero-order valence-electron chi connectivity index (χ0n) is 21.1. The number of hydrogen-bond acceptors (Lipinski definition) is 8. The molecule has 1 heterocycles. The van der Waals surface area contributed by atoms with E-state index in [9.17, 15) is 30.3 Å². The molecule has 34 heavy (non-hydrogen) atoms. The minimum absolute atomic E-state index is 0.151. The van der Waals surface area contributed by atoms with Crippen LogP contribution in [0.25, 0.3) is 0 Å². The predicted octanol–water partition coefficient (Wildman–Crippen LogP) is 1.76. The minimum Gasteiger partial charge on any atom is -0.394 e. The average Bonchev–Trinajstić information content (AvgIpc) is 2.81. The van der Waals surface area contributed by atoms with Crippen LogP contribution in [0, 0.1) is 0 Å². The van der Waals surface area contributed by atoms with Gasteiger partial charge in [-0.05, 0) is 6.42 Å². The summed E-state index contributed by atoms with van der Waals surface area (Å²) in [7, 11) is 0. The normalized spacial score (nSPS) is 26.9. The Morgan fingerprint density at radius 3 is 1.91 bits per heavy atom. The molecule has 0 aromatic rings. The van der Waals surface area contributed by atoms with Gasteiger partial charge in [-0.25, -0.2) is 0 Å². The molecule has 0 bridgehead atoms. The summed E-state index contributed by atoms with van der Waals surface area (Å²) in [6, 6.07) is -0.711. The number of carbonyl (C=O) groups excluding carboxylic acids is 1. The lowest BCUT2D eigenvalue weighted by Crippen LogP contribution is -2.60. The smallest absolute Gasteiger partial charge is 0.217 e. The van der Waals surface area contributed by atoms with Crippen LogP contribution in [0.2, 0.25) is 0 Å². The monoisotopic (exact) mass is 491 g/mol. The Morgan fingerprint density at radius 1 is 0.882 bits per heavy atom. The fraction of sp³-hybridized carbons (Fsp3) is 0.960. The first-order chi connectivity index (χ1) is 16.3. The molecule has 6 N–H and O–H groups in total. The van der Waals surface area contributed by atoms with E-state index in [-0.39, 0.29) is 12.5 Å². The van der Waals surface area contributed by atoms with E-state index < -0.39 is 49.5 Å². The highest BCUT2D eigenvalue weighted by atomic mass is 16.7. The molecule has 1 saturated heterocycles. The van der Waals surface area contributed by atoms with Crippen molar-refractivity contribution in [2.45, 2.75) is 140 Å². The Hall–Kier alpha value is -0.810. The molecule has 0 radical (unpaired) electrons. The van der Waals surface area contributed by atoms with Crippen LogP contribution in [-0.2, 0) is 14.3 Å². The second kappa shape index (κ2) is 18.5. The summed E-state index contributed by atoms with van der Waals surface area (Å²) in [5, 5.41) is 52.3.